The maximum atomic E-state index is 10.5. The minimum Gasteiger partial charge on any atom is -0.478 e. The molecule has 0 fully saturated rings. The van der Waals surface area contributed by atoms with E-state index in [2.05, 4.69) is 0 Å². The number of rotatable bonds is 6. The zero-order valence-electron chi connectivity index (χ0n) is 9.29. The summed E-state index contributed by atoms with van der Waals surface area (Å²) in [7, 11) is 0. The highest BCUT2D eigenvalue weighted by Crippen LogP contribution is 2.15. The van der Waals surface area contributed by atoms with Crippen LogP contribution in [0.4, 0.5) is 0 Å². The van der Waals surface area contributed by atoms with Crippen molar-refractivity contribution in [3.63, 3.8) is 0 Å². The second-order valence-corrected chi connectivity index (χ2v) is 4.08. The van der Waals surface area contributed by atoms with E-state index in [1.54, 1.807) is 0 Å². The Bertz CT molecular complexity index is 376. The van der Waals surface area contributed by atoms with Crippen molar-refractivity contribution in [2.45, 2.75) is 12.5 Å². The van der Waals surface area contributed by atoms with Crippen LogP contribution >= 0.6 is 11.6 Å². The van der Waals surface area contributed by atoms with Gasteiger partial charge in [0.1, 0.15) is 0 Å². The average Bonchev–Trinajstić information content (AvgIpc) is 2.34. The highest BCUT2D eigenvalue weighted by atomic mass is 35.5. The van der Waals surface area contributed by atoms with E-state index in [9.17, 15) is 9.90 Å². The van der Waals surface area contributed by atoms with E-state index in [0.29, 0.717) is 6.42 Å². The Morgan fingerprint density at radius 2 is 2.00 bits per heavy atom. The van der Waals surface area contributed by atoms with Crippen LogP contribution in [-0.4, -0.2) is 28.2 Å². The molecule has 0 spiro atoms. The standard InChI is InChI=1S/C13H15ClO3/c14-9-12(15)11(6-7-13(16)17)8-10-4-2-1-3-5-10/h1-7,11-12,15H,8-9H2,(H,16,17)/b7-6+. The van der Waals surface area contributed by atoms with Crippen LogP contribution < -0.4 is 0 Å². The Kier molecular flexibility index (Phi) is 5.73. The molecule has 1 rings (SSSR count). The quantitative estimate of drug-likeness (QED) is 0.604. The van der Waals surface area contributed by atoms with Gasteiger partial charge < -0.3 is 10.2 Å². The molecule has 3 nitrogen and oxygen atoms in total. The van der Waals surface area contributed by atoms with Gasteiger partial charge in [0.25, 0.3) is 0 Å². The Morgan fingerprint density at radius 3 is 2.53 bits per heavy atom. The van der Waals surface area contributed by atoms with E-state index in [1.165, 1.54) is 6.08 Å². The second kappa shape index (κ2) is 7.09. The number of aliphatic hydroxyl groups excluding tert-OH is 1. The molecular weight excluding hydrogens is 240 g/mol. The fourth-order valence-corrected chi connectivity index (χ4v) is 1.77. The van der Waals surface area contributed by atoms with E-state index in [0.717, 1.165) is 11.6 Å². The van der Waals surface area contributed by atoms with Crippen LogP contribution in [0.1, 0.15) is 5.56 Å². The molecule has 4 heteroatoms. The number of carboxylic acids is 1. The van der Waals surface area contributed by atoms with Gasteiger partial charge in [-0.3, -0.25) is 0 Å². The summed E-state index contributed by atoms with van der Waals surface area (Å²) in [5.74, 6) is -1.22. The van der Waals surface area contributed by atoms with Gasteiger partial charge in [0.15, 0.2) is 0 Å². The molecule has 0 saturated heterocycles. The molecule has 0 aliphatic rings. The number of aliphatic carboxylic acids is 1. The molecule has 0 aliphatic carbocycles. The predicted octanol–water partition coefficient (Wildman–Crippen LogP) is 2.09. The van der Waals surface area contributed by atoms with Gasteiger partial charge in [-0.15, -0.1) is 11.6 Å². The van der Waals surface area contributed by atoms with Crippen molar-refractivity contribution in [2.24, 2.45) is 5.92 Å². The molecule has 2 atom stereocenters. The number of hydrogen-bond donors (Lipinski definition) is 2. The minimum atomic E-state index is -1.02. The Morgan fingerprint density at radius 1 is 1.35 bits per heavy atom. The number of alkyl halides is 1. The van der Waals surface area contributed by atoms with Gasteiger partial charge in [-0.25, -0.2) is 4.79 Å². The fraction of sp³-hybridized carbons (Fsp3) is 0.308. The lowest BCUT2D eigenvalue weighted by Crippen LogP contribution is -2.22. The van der Waals surface area contributed by atoms with Crippen molar-refractivity contribution >= 4 is 17.6 Å². The molecule has 0 aliphatic heterocycles. The largest absolute Gasteiger partial charge is 0.478 e. The Labute approximate surface area is 105 Å². The van der Waals surface area contributed by atoms with Crippen molar-refractivity contribution in [3.8, 4) is 0 Å². The van der Waals surface area contributed by atoms with Crippen LogP contribution in [0.25, 0.3) is 0 Å². The molecule has 0 heterocycles. The SMILES string of the molecule is O=C(O)/C=C/C(Cc1ccccc1)C(O)CCl. The van der Waals surface area contributed by atoms with Gasteiger partial charge in [-0.2, -0.15) is 0 Å². The molecule has 2 unspecified atom stereocenters. The topological polar surface area (TPSA) is 57.5 Å². The zero-order valence-corrected chi connectivity index (χ0v) is 10.0. The van der Waals surface area contributed by atoms with Crippen LogP contribution in [0.5, 0.6) is 0 Å². The summed E-state index contributed by atoms with van der Waals surface area (Å²) in [5, 5.41) is 18.3. The molecule has 92 valence electrons. The summed E-state index contributed by atoms with van der Waals surface area (Å²) in [6, 6.07) is 9.58. The smallest absolute Gasteiger partial charge is 0.327 e. The molecule has 0 bridgehead atoms. The van der Waals surface area contributed by atoms with Gasteiger partial charge >= 0.3 is 5.97 Å². The van der Waals surface area contributed by atoms with Crippen molar-refractivity contribution in [1.29, 1.82) is 0 Å². The van der Waals surface area contributed by atoms with Crippen LogP contribution in [0.3, 0.4) is 0 Å². The van der Waals surface area contributed by atoms with Gasteiger partial charge in [0, 0.05) is 17.9 Å². The molecule has 1 aromatic rings. The minimum absolute atomic E-state index is 0.0848. The third-order valence-corrected chi connectivity index (χ3v) is 2.77. The van der Waals surface area contributed by atoms with Crippen molar-refractivity contribution in [2.75, 3.05) is 5.88 Å². The molecule has 17 heavy (non-hydrogen) atoms. The maximum absolute atomic E-state index is 10.5. The molecule has 0 saturated carbocycles. The maximum Gasteiger partial charge on any atom is 0.327 e. The third-order valence-electron chi connectivity index (χ3n) is 2.45. The van der Waals surface area contributed by atoms with E-state index >= 15 is 0 Å². The molecule has 0 radical (unpaired) electrons. The first kappa shape index (κ1) is 13.7. The van der Waals surface area contributed by atoms with E-state index in [4.69, 9.17) is 16.7 Å². The van der Waals surface area contributed by atoms with Gasteiger partial charge in [-0.1, -0.05) is 36.4 Å². The summed E-state index contributed by atoms with van der Waals surface area (Å²) >= 11 is 5.60. The Balaban J connectivity index is 2.74. The number of aliphatic hydroxyl groups is 1. The summed E-state index contributed by atoms with van der Waals surface area (Å²) in [5.41, 5.74) is 1.04. The highest BCUT2D eigenvalue weighted by Gasteiger charge is 2.16. The van der Waals surface area contributed by atoms with Gasteiger partial charge in [-0.05, 0) is 12.0 Å². The predicted molar refractivity (Wildman–Crippen MR) is 67.1 cm³/mol. The average molecular weight is 255 g/mol. The lowest BCUT2D eigenvalue weighted by Gasteiger charge is -2.17. The van der Waals surface area contributed by atoms with Crippen LogP contribution in [0.15, 0.2) is 42.5 Å². The monoisotopic (exact) mass is 254 g/mol. The first-order valence-electron chi connectivity index (χ1n) is 5.32. The zero-order chi connectivity index (χ0) is 12.7. The normalized spacial score (nSPS) is 14.7. The highest BCUT2D eigenvalue weighted by molar-refractivity contribution is 6.18. The summed E-state index contributed by atoms with van der Waals surface area (Å²) in [6.45, 7) is 0. The van der Waals surface area contributed by atoms with Crippen molar-refractivity contribution in [1.82, 2.24) is 0 Å². The number of carbonyl (C=O) groups is 1. The number of carboxylic acid groups (broad SMARTS) is 1. The summed E-state index contributed by atoms with van der Waals surface area (Å²) in [4.78, 5) is 10.5. The van der Waals surface area contributed by atoms with E-state index < -0.39 is 12.1 Å². The number of halogens is 1. The molecular formula is C13H15ClO3. The van der Waals surface area contributed by atoms with Crippen LogP contribution in [-0.2, 0) is 11.2 Å². The first-order chi connectivity index (χ1) is 8.13. The number of hydrogen-bond acceptors (Lipinski definition) is 2. The first-order valence-corrected chi connectivity index (χ1v) is 5.86. The molecule has 0 aromatic heterocycles. The van der Waals surface area contributed by atoms with Crippen LogP contribution in [0, 0.1) is 5.92 Å². The van der Waals surface area contributed by atoms with Crippen molar-refractivity contribution < 1.29 is 15.0 Å². The third kappa shape index (κ3) is 5.02. The molecule has 0 amide bonds. The van der Waals surface area contributed by atoms with Gasteiger partial charge in [0.2, 0.25) is 0 Å². The van der Waals surface area contributed by atoms with Gasteiger partial charge in [0.05, 0.1) is 6.10 Å². The molecule has 1 aromatic carbocycles. The second-order valence-electron chi connectivity index (χ2n) is 3.77. The summed E-state index contributed by atoms with van der Waals surface area (Å²) < 4.78 is 0. The summed E-state index contributed by atoms with van der Waals surface area (Å²) in [6.07, 6.45) is 2.36. The van der Waals surface area contributed by atoms with E-state index in [1.807, 2.05) is 30.3 Å². The molecule has 2 N–H and O–H groups in total. The van der Waals surface area contributed by atoms with E-state index in [-0.39, 0.29) is 11.8 Å². The lowest BCUT2D eigenvalue weighted by molar-refractivity contribution is -0.131. The van der Waals surface area contributed by atoms with Crippen molar-refractivity contribution in [3.05, 3.63) is 48.0 Å². The number of benzene rings is 1. The Hall–Kier alpha value is -1.32. The van der Waals surface area contributed by atoms with Crippen LogP contribution in [0.2, 0.25) is 0 Å². The lowest BCUT2D eigenvalue weighted by atomic mass is 9.94. The fourth-order valence-electron chi connectivity index (χ4n) is 1.54.